The summed E-state index contributed by atoms with van der Waals surface area (Å²) in [6.07, 6.45) is 4.67. The van der Waals surface area contributed by atoms with Crippen LogP contribution in [0.25, 0.3) is 0 Å². The van der Waals surface area contributed by atoms with E-state index >= 15 is 0 Å². The van der Waals surface area contributed by atoms with Crippen LogP contribution < -0.4 is 0 Å². The van der Waals surface area contributed by atoms with Crippen LogP contribution in [0.1, 0.15) is 25.7 Å². The maximum Gasteiger partial charge on any atom is 0.367 e. The van der Waals surface area contributed by atoms with Crippen LogP contribution in [-0.4, -0.2) is 14.0 Å². The van der Waals surface area contributed by atoms with Gasteiger partial charge >= 0.3 is 3.98 Å². The van der Waals surface area contributed by atoms with Crippen molar-refractivity contribution in [2.45, 2.75) is 35.7 Å². The first-order chi connectivity index (χ1) is 5.18. The van der Waals surface area contributed by atoms with Gasteiger partial charge in [0.2, 0.25) is 0 Å². The van der Waals surface area contributed by atoms with Gasteiger partial charge in [0.05, 0.1) is 22.6 Å². The number of alkyl halides is 1. The van der Waals surface area contributed by atoms with Gasteiger partial charge in [-0.2, -0.15) is 0 Å². The van der Waals surface area contributed by atoms with E-state index in [-0.39, 0.29) is 10.1 Å². The zero-order valence-corrected chi connectivity index (χ0v) is 10.4. The molecule has 0 aliphatic heterocycles. The minimum atomic E-state index is -0.167. The second-order valence-electron chi connectivity index (χ2n) is 2.73. The van der Waals surface area contributed by atoms with Crippen LogP contribution in [0.3, 0.4) is 0 Å². The van der Waals surface area contributed by atoms with E-state index in [0.717, 1.165) is 16.8 Å². The quantitative estimate of drug-likeness (QED) is 0.397. The second kappa shape index (κ2) is 4.84. The molecule has 1 aliphatic carbocycles. The zero-order valence-electron chi connectivity index (χ0n) is 6.06. The zero-order chi connectivity index (χ0) is 8.27. The summed E-state index contributed by atoms with van der Waals surface area (Å²) in [5.74, 6) is 0. The van der Waals surface area contributed by atoms with Crippen molar-refractivity contribution < 1.29 is 9.53 Å². The lowest BCUT2D eigenvalue weighted by Crippen LogP contribution is -2.22. The Hall–Kier alpha value is 0.930. The molecule has 0 aromatic rings. The van der Waals surface area contributed by atoms with Crippen molar-refractivity contribution in [3.63, 3.8) is 0 Å². The molecule has 0 saturated heterocycles. The molecule has 1 aliphatic rings. The fraction of sp³-hybridized carbons (Fsp3) is 0.857. The smallest absolute Gasteiger partial charge is 0.367 e. The normalized spacial score (nSPS) is 31.5. The van der Waals surface area contributed by atoms with Crippen molar-refractivity contribution in [3.8, 4) is 0 Å². The fourth-order valence-electron chi connectivity index (χ4n) is 1.27. The molecule has 0 spiro atoms. The van der Waals surface area contributed by atoms with Crippen LogP contribution in [-0.2, 0) is 4.74 Å². The Morgan fingerprint density at radius 3 is 2.27 bits per heavy atom. The van der Waals surface area contributed by atoms with Crippen molar-refractivity contribution in [1.29, 1.82) is 0 Å². The number of rotatable bonds is 1. The molecule has 0 N–H and O–H groups in total. The minimum Gasteiger partial charge on any atom is -0.455 e. The van der Waals surface area contributed by atoms with Gasteiger partial charge in [-0.1, -0.05) is 22.6 Å². The Labute approximate surface area is 93.7 Å². The largest absolute Gasteiger partial charge is 0.455 e. The molecule has 1 rings (SSSR count). The molecule has 0 unspecified atom stereocenters. The Balaban J connectivity index is 2.22. The Bertz CT molecular complexity index is 141. The molecular formula is C7H10I2O2. The summed E-state index contributed by atoms with van der Waals surface area (Å²) < 4.78 is 5.71. The average Bonchev–Trinajstić information content (AvgIpc) is 1.93. The van der Waals surface area contributed by atoms with Gasteiger partial charge in [-0.25, -0.2) is 4.79 Å². The topological polar surface area (TPSA) is 26.3 Å². The summed E-state index contributed by atoms with van der Waals surface area (Å²) in [6.45, 7) is 0. The molecule has 0 aromatic carbocycles. The van der Waals surface area contributed by atoms with Gasteiger partial charge in [0.25, 0.3) is 0 Å². The van der Waals surface area contributed by atoms with Gasteiger partial charge in [0.15, 0.2) is 0 Å². The number of carbonyl (C=O) groups is 1. The van der Waals surface area contributed by atoms with Crippen molar-refractivity contribution in [2.24, 2.45) is 0 Å². The van der Waals surface area contributed by atoms with E-state index in [1.807, 2.05) is 0 Å². The molecular weight excluding hydrogens is 370 g/mol. The van der Waals surface area contributed by atoms with Crippen molar-refractivity contribution in [2.75, 3.05) is 0 Å². The maximum atomic E-state index is 10.6. The highest BCUT2D eigenvalue weighted by Crippen LogP contribution is 2.26. The Morgan fingerprint density at radius 2 is 1.82 bits per heavy atom. The van der Waals surface area contributed by atoms with E-state index in [2.05, 4.69) is 22.6 Å². The maximum absolute atomic E-state index is 10.6. The molecule has 64 valence electrons. The molecule has 0 amide bonds. The monoisotopic (exact) mass is 380 g/mol. The Kier molecular flexibility index (Phi) is 4.40. The summed E-state index contributed by atoms with van der Waals surface area (Å²) in [6, 6.07) is 0. The third-order valence-corrected chi connectivity index (χ3v) is 3.36. The molecule has 0 aromatic heterocycles. The summed E-state index contributed by atoms with van der Waals surface area (Å²) in [7, 11) is 0. The predicted molar refractivity (Wildman–Crippen MR) is 60.6 cm³/mol. The highest BCUT2D eigenvalue weighted by molar-refractivity contribution is 14.1. The second-order valence-corrected chi connectivity index (χ2v) is 5.37. The fourth-order valence-corrected chi connectivity index (χ4v) is 2.35. The first-order valence-corrected chi connectivity index (χ1v) is 6.01. The average molecular weight is 380 g/mol. The van der Waals surface area contributed by atoms with Gasteiger partial charge in [0.1, 0.15) is 6.10 Å². The van der Waals surface area contributed by atoms with Crippen molar-refractivity contribution in [3.05, 3.63) is 0 Å². The number of carbonyl (C=O) groups excluding carboxylic acids is 1. The predicted octanol–water partition coefficient (Wildman–Crippen LogP) is 3.30. The van der Waals surface area contributed by atoms with Gasteiger partial charge in [-0.05, 0) is 25.7 Å². The van der Waals surface area contributed by atoms with E-state index in [9.17, 15) is 4.79 Å². The van der Waals surface area contributed by atoms with Crippen LogP contribution in [0, 0.1) is 0 Å². The van der Waals surface area contributed by atoms with E-state index in [1.54, 1.807) is 22.6 Å². The van der Waals surface area contributed by atoms with Crippen molar-refractivity contribution >= 4 is 49.2 Å². The lowest BCUT2D eigenvalue weighted by Gasteiger charge is -2.24. The minimum absolute atomic E-state index is 0.167. The molecule has 4 heteroatoms. The summed E-state index contributed by atoms with van der Waals surface area (Å²) in [5, 5.41) is 0. The van der Waals surface area contributed by atoms with Crippen LogP contribution in [0.5, 0.6) is 0 Å². The number of hydrogen-bond acceptors (Lipinski definition) is 2. The van der Waals surface area contributed by atoms with Crippen LogP contribution in [0.2, 0.25) is 0 Å². The molecule has 0 bridgehead atoms. The first kappa shape index (κ1) is 10.0. The molecule has 1 saturated carbocycles. The van der Waals surface area contributed by atoms with E-state index in [0.29, 0.717) is 0 Å². The van der Waals surface area contributed by atoms with Gasteiger partial charge in [0, 0.05) is 3.92 Å². The van der Waals surface area contributed by atoms with Gasteiger partial charge in [-0.15, -0.1) is 0 Å². The van der Waals surface area contributed by atoms with E-state index in [4.69, 9.17) is 4.74 Å². The number of ether oxygens (including phenoxy) is 1. The van der Waals surface area contributed by atoms with Crippen LogP contribution in [0.4, 0.5) is 4.79 Å². The lowest BCUT2D eigenvalue weighted by atomic mass is 9.98. The van der Waals surface area contributed by atoms with E-state index in [1.165, 1.54) is 12.8 Å². The van der Waals surface area contributed by atoms with Crippen LogP contribution >= 0.6 is 45.2 Å². The summed E-state index contributed by atoms with van der Waals surface area (Å²) >= 11 is 4.15. The van der Waals surface area contributed by atoms with Gasteiger partial charge in [-0.3, -0.25) is 0 Å². The number of hydrogen-bond donors (Lipinski definition) is 0. The third-order valence-electron chi connectivity index (χ3n) is 1.86. The van der Waals surface area contributed by atoms with Crippen molar-refractivity contribution in [1.82, 2.24) is 0 Å². The molecule has 0 radical (unpaired) electrons. The summed E-state index contributed by atoms with van der Waals surface area (Å²) in [4.78, 5) is 10.6. The summed E-state index contributed by atoms with van der Waals surface area (Å²) in [5.41, 5.74) is 0. The van der Waals surface area contributed by atoms with E-state index < -0.39 is 0 Å². The standard InChI is InChI=1S/C7H10I2O2/c8-5-1-3-6(4-2-5)11-7(9)10/h5-6H,1-4H2. The Morgan fingerprint density at radius 1 is 1.27 bits per heavy atom. The third kappa shape index (κ3) is 3.91. The highest BCUT2D eigenvalue weighted by Gasteiger charge is 2.21. The highest BCUT2D eigenvalue weighted by atomic mass is 127. The van der Waals surface area contributed by atoms with Gasteiger partial charge < -0.3 is 4.74 Å². The molecule has 11 heavy (non-hydrogen) atoms. The molecule has 2 nitrogen and oxygen atoms in total. The molecule has 0 heterocycles. The SMILES string of the molecule is O=C(I)OC1CCC(I)CC1. The molecule has 1 fully saturated rings. The lowest BCUT2D eigenvalue weighted by molar-refractivity contribution is 0.102. The van der Waals surface area contributed by atoms with Crippen LogP contribution in [0.15, 0.2) is 0 Å². The first-order valence-electron chi connectivity index (χ1n) is 3.68. The number of halogens is 2. The molecule has 0 atom stereocenters.